The Bertz CT molecular complexity index is 767. The Morgan fingerprint density at radius 1 is 1.17 bits per heavy atom. The van der Waals surface area contributed by atoms with E-state index in [1.54, 1.807) is 12.1 Å². The van der Waals surface area contributed by atoms with Gasteiger partial charge in [0.1, 0.15) is 6.04 Å². The van der Waals surface area contributed by atoms with Gasteiger partial charge >= 0.3 is 6.18 Å². The number of aromatic nitrogens is 2. The topological polar surface area (TPSA) is 64.0 Å². The summed E-state index contributed by atoms with van der Waals surface area (Å²) < 4.78 is 38.5. The Kier molecular flexibility index (Phi) is 4.53. The van der Waals surface area contributed by atoms with Crippen LogP contribution >= 0.6 is 0 Å². The van der Waals surface area contributed by atoms with Crippen LogP contribution in [0.5, 0.6) is 0 Å². The van der Waals surface area contributed by atoms with E-state index in [2.05, 4.69) is 5.10 Å². The number of nitrogens with one attached hydrogen (secondary N) is 1. The fraction of sp³-hybridized carbons (Fsp3) is 0.267. The monoisotopic (exact) mass is 325 g/mol. The van der Waals surface area contributed by atoms with Crippen molar-refractivity contribution in [3.05, 3.63) is 52.3 Å². The summed E-state index contributed by atoms with van der Waals surface area (Å²) in [5, 5.41) is 5.94. The maximum Gasteiger partial charge on any atom is 0.408 e. The summed E-state index contributed by atoms with van der Waals surface area (Å²) in [5.74, 6) is -0.810. The lowest BCUT2D eigenvalue weighted by Crippen LogP contribution is -2.43. The van der Waals surface area contributed by atoms with Crippen molar-refractivity contribution in [1.82, 2.24) is 15.1 Å². The predicted octanol–water partition coefficient (Wildman–Crippen LogP) is 2.13. The number of hydrogen-bond donors (Lipinski definition) is 1. The van der Waals surface area contributed by atoms with Crippen molar-refractivity contribution >= 4 is 5.91 Å². The summed E-state index contributed by atoms with van der Waals surface area (Å²) >= 11 is 0. The molecule has 1 aromatic heterocycles. The number of hydrogen-bond acceptors (Lipinski definition) is 3. The van der Waals surface area contributed by atoms with E-state index in [0.29, 0.717) is 11.3 Å². The predicted molar refractivity (Wildman–Crippen MR) is 77.9 cm³/mol. The smallest absolute Gasteiger partial charge is 0.341 e. The molecule has 2 rings (SSSR count). The molecule has 23 heavy (non-hydrogen) atoms. The summed E-state index contributed by atoms with van der Waals surface area (Å²) in [6.07, 6.45) is -4.49. The molecule has 1 N–H and O–H groups in total. The Hall–Kier alpha value is -2.64. The minimum absolute atomic E-state index is 0.106. The van der Waals surface area contributed by atoms with Crippen LogP contribution in [0.3, 0.4) is 0 Å². The van der Waals surface area contributed by atoms with E-state index in [-0.39, 0.29) is 11.1 Å². The number of alkyl halides is 3. The molecule has 0 aliphatic rings. The van der Waals surface area contributed by atoms with Gasteiger partial charge in [-0.1, -0.05) is 12.1 Å². The fourth-order valence-electron chi connectivity index (χ4n) is 1.81. The Balaban J connectivity index is 2.17. The van der Waals surface area contributed by atoms with Crippen LogP contribution in [0, 0.1) is 0 Å². The molecule has 0 saturated carbocycles. The number of rotatable bonds is 3. The van der Waals surface area contributed by atoms with Crippen LogP contribution in [0.25, 0.3) is 11.3 Å². The zero-order valence-electron chi connectivity index (χ0n) is 12.4. The minimum atomic E-state index is -4.49. The molecule has 2 aromatic rings. The SMILES string of the molecule is C[C@@H](NC(=O)c1ccc(-c2ccc(=O)n(C)n2)cc1)C(F)(F)F. The van der Waals surface area contributed by atoms with Gasteiger partial charge in [-0.05, 0) is 25.1 Å². The molecule has 0 saturated heterocycles. The summed E-state index contributed by atoms with van der Waals surface area (Å²) in [6, 6.07) is 6.87. The van der Waals surface area contributed by atoms with Crippen LogP contribution < -0.4 is 10.9 Å². The summed E-state index contributed by atoms with van der Waals surface area (Å²) in [5.41, 5.74) is 1.00. The molecular weight excluding hydrogens is 311 g/mol. The third-order valence-electron chi connectivity index (χ3n) is 3.24. The summed E-state index contributed by atoms with van der Waals surface area (Å²) in [6.45, 7) is 0.876. The van der Waals surface area contributed by atoms with Gasteiger partial charge in [0.15, 0.2) is 0 Å². The second kappa shape index (κ2) is 6.23. The molecular formula is C15H14F3N3O2. The largest absolute Gasteiger partial charge is 0.408 e. The van der Waals surface area contributed by atoms with E-state index >= 15 is 0 Å². The van der Waals surface area contributed by atoms with Gasteiger partial charge in [-0.15, -0.1) is 0 Å². The average Bonchev–Trinajstić information content (AvgIpc) is 2.49. The minimum Gasteiger partial charge on any atom is -0.341 e. The number of amides is 1. The number of carbonyl (C=O) groups is 1. The number of benzene rings is 1. The van der Waals surface area contributed by atoms with Crippen molar-refractivity contribution in [1.29, 1.82) is 0 Å². The lowest BCUT2D eigenvalue weighted by Gasteiger charge is -2.17. The van der Waals surface area contributed by atoms with Crippen LogP contribution in [0.1, 0.15) is 17.3 Å². The molecule has 122 valence electrons. The normalized spacial score (nSPS) is 12.7. The Morgan fingerprint density at radius 2 is 1.78 bits per heavy atom. The molecule has 1 amide bonds. The number of halogens is 3. The molecule has 0 bridgehead atoms. The van der Waals surface area contributed by atoms with Gasteiger partial charge < -0.3 is 5.32 Å². The van der Waals surface area contributed by atoms with Crippen molar-refractivity contribution < 1.29 is 18.0 Å². The van der Waals surface area contributed by atoms with Crippen LogP contribution in [0.15, 0.2) is 41.2 Å². The Morgan fingerprint density at radius 3 is 2.30 bits per heavy atom. The maximum absolute atomic E-state index is 12.4. The van der Waals surface area contributed by atoms with Gasteiger partial charge in [-0.3, -0.25) is 9.59 Å². The van der Waals surface area contributed by atoms with Gasteiger partial charge in [-0.25, -0.2) is 4.68 Å². The van der Waals surface area contributed by atoms with Gasteiger partial charge in [0.25, 0.3) is 11.5 Å². The molecule has 1 heterocycles. The van der Waals surface area contributed by atoms with Crippen LogP contribution in [-0.4, -0.2) is 27.9 Å². The highest BCUT2D eigenvalue weighted by atomic mass is 19.4. The van der Waals surface area contributed by atoms with E-state index in [9.17, 15) is 22.8 Å². The molecule has 0 fully saturated rings. The first kappa shape index (κ1) is 16.7. The Labute approximate surface area is 129 Å². The highest BCUT2D eigenvalue weighted by Gasteiger charge is 2.37. The molecule has 8 heteroatoms. The molecule has 0 spiro atoms. The second-order valence-electron chi connectivity index (χ2n) is 4.99. The van der Waals surface area contributed by atoms with Gasteiger partial charge in [0.05, 0.1) is 5.69 Å². The third kappa shape index (κ3) is 3.97. The molecule has 0 unspecified atom stereocenters. The van der Waals surface area contributed by atoms with Crippen molar-refractivity contribution in [2.45, 2.75) is 19.1 Å². The second-order valence-corrected chi connectivity index (χ2v) is 4.99. The highest BCUT2D eigenvalue weighted by Crippen LogP contribution is 2.20. The number of aryl methyl sites for hydroxylation is 1. The number of nitrogens with zero attached hydrogens (tertiary/aromatic N) is 2. The quantitative estimate of drug-likeness (QED) is 0.940. The van der Waals surface area contributed by atoms with E-state index in [1.165, 1.54) is 36.0 Å². The van der Waals surface area contributed by atoms with Gasteiger partial charge in [0, 0.05) is 24.2 Å². The lowest BCUT2D eigenvalue weighted by molar-refractivity contribution is -0.149. The van der Waals surface area contributed by atoms with Crippen LogP contribution in [-0.2, 0) is 7.05 Å². The first-order chi connectivity index (χ1) is 10.7. The average molecular weight is 325 g/mol. The van der Waals surface area contributed by atoms with Gasteiger partial charge in [0.2, 0.25) is 0 Å². The molecule has 0 aliphatic heterocycles. The lowest BCUT2D eigenvalue weighted by atomic mass is 10.1. The van der Waals surface area contributed by atoms with Crippen molar-refractivity contribution in [2.75, 3.05) is 0 Å². The summed E-state index contributed by atoms with van der Waals surface area (Å²) in [4.78, 5) is 23.1. The summed E-state index contributed by atoms with van der Waals surface area (Å²) in [7, 11) is 1.51. The zero-order chi connectivity index (χ0) is 17.2. The molecule has 1 atom stereocenters. The van der Waals surface area contributed by atoms with Crippen molar-refractivity contribution in [3.8, 4) is 11.3 Å². The van der Waals surface area contributed by atoms with Crippen molar-refractivity contribution in [3.63, 3.8) is 0 Å². The van der Waals surface area contributed by atoms with Gasteiger partial charge in [-0.2, -0.15) is 18.3 Å². The van der Waals surface area contributed by atoms with E-state index in [1.807, 2.05) is 5.32 Å². The molecule has 0 aliphatic carbocycles. The standard InChI is InChI=1S/C15H14F3N3O2/c1-9(15(16,17)18)19-14(23)11-5-3-10(4-6-11)12-7-8-13(22)21(2)20-12/h3-9H,1-2H3,(H,19,23)/t9-/m1/s1. The molecule has 5 nitrogen and oxygen atoms in total. The maximum atomic E-state index is 12.4. The molecule has 1 aromatic carbocycles. The highest BCUT2D eigenvalue weighted by molar-refractivity contribution is 5.94. The van der Waals surface area contributed by atoms with Crippen LogP contribution in [0.2, 0.25) is 0 Å². The first-order valence-electron chi connectivity index (χ1n) is 6.71. The molecule has 0 radical (unpaired) electrons. The van der Waals surface area contributed by atoms with E-state index in [4.69, 9.17) is 0 Å². The fourth-order valence-corrected chi connectivity index (χ4v) is 1.81. The van der Waals surface area contributed by atoms with Crippen molar-refractivity contribution in [2.24, 2.45) is 7.05 Å². The first-order valence-corrected chi connectivity index (χ1v) is 6.71. The van der Waals surface area contributed by atoms with Crippen LogP contribution in [0.4, 0.5) is 13.2 Å². The zero-order valence-corrected chi connectivity index (χ0v) is 12.4. The van der Waals surface area contributed by atoms with E-state index < -0.39 is 18.1 Å². The van der Waals surface area contributed by atoms with E-state index in [0.717, 1.165) is 6.92 Å². The third-order valence-corrected chi connectivity index (χ3v) is 3.24. The number of carbonyl (C=O) groups excluding carboxylic acids is 1.